The number of aromatic nitrogens is 4. The number of hydrogen-bond donors (Lipinski definition) is 0. The molecule has 0 radical (unpaired) electrons. The number of ether oxygens (including phenoxy) is 1. The fraction of sp³-hybridized carbons (Fsp3) is 0.296. The Balaban J connectivity index is 1.58. The molecule has 1 saturated heterocycles. The molecule has 4 heterocycles. The molecule has 1 amide bonds. The zero-order valence-corrected chi connectivity index (χ0v) is 20.8. The third-order valence-electron chi connectivity index (χ3n) is 6.08. The first-order chi connectivity index (χ1) is 17.7. The molecular weight excluding hydrogens is 473 g/mol. The number of nitrogens with zero attached hydrogens (tertiary/aromatic N) is 7. The predicted octanol–water partition coefficient (Wildman–Crippen LogP) is 4.55. The number of piperazine rings is 1. The van der Waals surface area contributed by atoms with Crippen LogP contribution in [0.4, 0.5) is 15.0 Å². The zero-order chi connectivity index (χ0) is 26.2. The van der Waals surface area contributed by atoms with Crippen LogP contribution in [-0.4, -0.2) is 62.3 Å². The summed E-state index contributed by atoms with van der Waals surface area (Å²) in [4.78, 5) is 29.8. The van der Waals surface area contributed by atoms with Crippen molar-refractivity contribution in [3.05, 3.63) is 66.5 Å². The molecule has 0 saturated carbocycles. The number of halogens is 1. The van der Waals surface area contributed by atoms with E-state index in [1.807, 2.05) is 20.8 Å². The second kappa shape index (κ2) is 9.50. The molecule has 1 aliphatic rings. The lowest BCUT2D eigenvalue weighted by Gasteiger charge is -2.36. The van der Waals surface area contributed by atoms with Gasteiger partial charge in [-0.05, 0) is 39.0 Å². The normalized spacial score (nSPS) is 14.0. The third-order valence-corrected chi connectivity index (χ3v) is 6.08. The maximum atomic E-state index is 15.0. The second-order valence-electron chi connectivity index (χ2n) is 9.76. The highest BCUT2D eigenvalue weighted by molar-refractivity contribution is 6.02. The van der Waals surface area contributed by atoms with Crippen molar-refractivity contribution in [2.24, 2.45) is 0 Å². The first-order valence-corrected chi connectivity index (χ1v) is 12.0. The monoisotopic (exact) mass is 499 g/mol. The minimum Gasteiger partial charge on any atom is -0.444 e. The van der Waals surface area contributed by atoms with Crippen LogP contribution in [0, 0.1) is 17.1 Å². The van der Waals surface area contributed by atoms with Gasteiger partial charge < -0.3 is 14.5 Å². The largest absolute Gasteiger partial charge is 0.444 e. The van der Waals surface area contributed by atoms with Crippen LogP contribution >= 0.6 is 0 Å². The predicted molar refractivity (Wildman–Crippen MR) is 137 cm³/mol. The number of amides is 1. The molecular formula is C27H26FN7O2. The highest BCUT2D eigenvalue weighted by Gasteiger charge is 2.29. The maximum Gasteiger partial charge on any atom is 0.410 e. The highest BCUT2D eigenvalue weighted by atomic mass is 19.1. The maximum absolute atomic E-state index is 15.0. The van der Waals surface area contributed by atoms with Crippen LogP contribution in [-0.2, 0) is 4.74 Å². The Morgan fingerprint density at radius 2 is 1.81 bits per heavy atom. The van der Waals surface area contributed by atoms with Gasteiger partial charge in [-0.3, -0.25) is 4.57 Å². The number of rotatable bonds is 3. The number of benzene rings is 1. The molecule has 4 aromatic rings. The van der Waals surface area contributed by atoms with Crippen molar-refractivity contribution in [2.75, 3.05) is 31.1 Å². The molecule has 10 heteroatoms. The summed E-state index contributed by atoms with van der Waals surface area (Å²) < 4.78 is 22.3. The summed E-state index contributed by atoms with van der Waals surface area (Å²) in [5.41, 5.74) is 1.45. The van der Waals surface area contributed by atoms with E-state index in [4.69, 9.17) is 4.74 Å². The van der Waals surface area contributed by atoms with Crippen LogP contribution in [0.25, 0.3) is 28.0 Å². The van der Waals surface area contributed by atoms with Crippen molar-refractivity contribution < 1.29 is 13.9 Å². The van der Waals surface area contributed by atoms with E-state index in [0.29, 0.717) is 65.5 Å². The lowest BCUT2D eigenvalue weighted by molar-refractivity contribution is 0.0240. The van der Waals surface area contributed by atoms with Crippen LogP contribution in [0.3, 0.4) is 0 Å². The molecule has 0 unspecified atom stereocenters. The number of hydrogen-bond acceptors (Lipinski definition) is 7. The summed E-state index contributed by atoms with van der Waals surface area (Å²) >= 11 is 0. The summed E-state index contributed by atoms with van der Waals surface area (Å²) in [7, 11) is 0. The molecule has 37 heavy (non-hydrogen) atoms. The molecule has 0 atom stereocenters. The molecule has 1 aliphatic heterocycles. The smallest absolute Gasteiger partial charge is 0.410 e. The summed E-state index contributed by atoms with van der Waals surface area (Å²) in [6.07, 6.45) is 4.46. The standard InChI is InChI=1S/C27H26FN7O2/c1-27(2,3)37-26(36)34-12-10-33(11-13-34)24-23-20(19-6-4-5-7-21(19)28)16-35(25(23)32-17-31-24)22-14-18(15-29)8-9-30-22/h4-9,14,16-17H,10-13H2,1-3H3. The fourth-order valence-electron chi connectivity index (χ4n) is 4.39. The van der Waals surface area contributed by atoms with Gasteiger partial charge in [0.2, 0.25) is 0 Å². The van der Waals surface area contributed by atoms with Crippen molar-refractivity contribution in [1.82, 2.24) is 24.4 Å². The van der Waals surface area contributed by atoms with Gasteiger partial charge in [0.25, 0.3) is 0 Å². The van der Waals surface area contributed by atoms with E-state index >= 15 is 4.39 Å². The first-order valence-electron chi connectivity index (χ1n) is 12.0. The van der Waals surface area contributed by atoms with E-state index in [0.717, 1.165) is 0 Å². The molecule has 0 N–H and O–H groups in total. The minimum atomic E-state index is -0.568. The van der Waals surface area contributed by atoms with Gasteiger partial charge in [0.05, 0.1) is 17.0 Å². The number of anilines is 1. The quantitative estimate of drug-likeness (QED) is 0.408. The molecule has 188 valence electrons. The van der Waals surface area contributed by atoms with Crippen LogP contribution in [0.5, 0.6) is 0 Å². The zero-order valence-electron chi connectivity index (χ0n) is 20.8. The van der Waals surface area contributed by atoms with Crippen LogP contribution < -0.4 is 4.90 Å². The van der Waals surface area contributed by atoms with E-state index in [2.05, 4.69) is 25.9 Å². The highest BCUT2D eigenvalue weighted by Crippen LogP contribution is 2.37. The lowest BCUT2D eigenvalue weighted by Crippen LogP contribution is -2.50. The van der Waals surface area contributed by atoms with Crippen LogP contribution in [0.1, 0.15) is 26.3 Å². The summed E-state index contributed by atoms with van der Waals surface area (Å²) in [6.45, 7) is 7.49. The Morgan fingerprint density at radius 1 is 1.05 bits per heavy atom. The molecule has 0 bridgehead atoms. The van der Waals surface area contributed by atoms with Gasteiger partial charge in [0.15, 0.2) is 5.65 Å². The Kier molecular flexibility index (Phi) is 6.21. The lowest BCUT2D eigenvalue weighted by atomic mass is 10.1. The van der Waals surface area contributed by atoms with Crippen LogP contribution in [0.15, 0.2) is 55.1 Å². The Bertz CT molecular complexity index is 1510. The Morgan fingerprint density at radius 3 is 2.51 bits per heavy atom. The average Bonchev–Trinajstić information content (AvgIpc) is 3.28. The Hall–Kier alpha value is -4.52. The summed E-state index contributed by atoms with van der Waals surface area (Å²) in [6, 6.07) is 12.0. The summed E-state index contributed by atoms with van der Waals surface area (Å²) in [5.74, 6) is 0.762. The van der Waals surface area contributed by atoms with Crippen LogP contribution in [0.2, 0.25) is 0 Å². The SMILES string of the molecule is CC(C)(C)OC(=O)N1CCN(c2ncnc3c2c(-c2ccccc2F)cn3-c2cc(C#N)ccn2)CC1. The van der Waals surface area contributed by atoms with E-state index < -0.39 is 5.60 Å². The molecule has 1 aromatic carbocycles. The molecule has 5 rings (SSSR count). The minimum absolute atomic E-state index is 0.346. The van der Waals surface area contributed by atoms with Gasteiger partial charge >= 0.3 is 6.09 Å². The number of pyridine rings is 1. The fourth-order valence-corrected chi connectivity index (χ4v) is 4.39. The molecule has 3 aromatic heterocycles. The number of nitriles is 1. The molecule has 1 fully saturated rings. The van der Waals surface area contributed by atoms with E-state index in [1.165, 1.54) is 12.4 Å². The second-order valence-corrected chi connectivity index (χ2v) is 9.76. The van der Waals surface area contributed by atoms with Gasteiger partial charge in [0, 0.05) is 49.7 Å². The van der Waals surface area contributed by atoms with Gasteiger partial charge in [-0.1, -0.05) is 18.2 Å². The van der Waals surface area contributed by atoms with Crippen molar-refractivity contribution >= 4 is 22.9 Å². The van der Waals surface area contributed by atoms with Crippen molar-refractivity contribution in [1.29, 1.82) is 5.26 Å². The molecule has 9 nitrogen and oxygen atoms in total. The Labute approximate surface area is 213 Å². The van der Waals surface area contributed by atoms with Gasteiger partial charge in [-0.25, -0.2) is 24.1 Å². The number of carbonyl (C=O) groups excluding carboxylic acids is 1. The van der Waals surface area contributed by atoms with Crippen molar-refractivity contribution in [2.45, 2.75) is 26.4 Å². The summed E-state index contributed by atoms with van der Waals surface area (Å²) in [5, 5.41) is 10.0. The average molecular weight is 500 g/mol. The van der Waals surface area contributed by atoms with Gasteiger partial charge in [-0.15, -0.1) is 0 Å². The first kappa shape index (κ1) is 24.2. The third kappa shape index (κ3) is 4.80. The van der Waals surface area contributed by atoms with E-state index in [9.17, 15) is 10.1 Å². The van der Waals surface area contributed by atoms with Gasteiger partial charge in [0.1, 0.15) is 29.4 Å². The van der Waals surface area contributed by atoms with E-state index in [1.54, 1.807) is 52.2 Å². The number of fused-ring (bicyclic) bond motifs is 1. The molecule has 0 aliphatic carbocycles. The van der Waals surface area contributed by atoms with Gasteiger partial charge in [-0.2, -0.15) is 5.26 Å². The molecule has 0 spiro atoms. The van der Waals surface area contributed by atoms with Crippen molar-refractivity contribution in [3.63, 3.8) is 0 Å². The number of carbonyl (C=O) groups is 1. The van der Waals surface area contributed by atoms with E-state index in [-0.39, 0.29) is 11.9 Å². The topological polar surface area (TPSA) is 100 Å². The van der Waals surface area contributed by atoms with Crippen molar-refractivity contribution in [3.8, 4) is 23.0 Å².